The molecule has 0 amide bonds. The number of hydrogen-bond acceptors (Lipinski definition) is 5. The highest BCUT2D eigenvalue weighted by Gasteiger charge is 2.65. The van der Waals surface area contributed by atoms with Crippen LogP contribution in [0.25, 0.3) is 0 Å². The molecule has 0 aliphatic carbocycles. The van der Waals surface area contributed by atoms with Crippen LogP contribution < -0.4 is 11.4 Å². The number of anilines is 1. The summed E-state index contributed by atoms with van der Waals surface area (Å²) in [7, 11) is 0. The van der Waals surface area contributed by atoms with Crippen LogP contribution in [0, 0.1) is 0 Å². The molecule has 20 heavy (non-hydrogen) atoms. The zero-order chi connectivity index (χ0) is 15.1. The number of ether oxygens (including phenoxy) is 1. The van der Waals surface area contributed by atoms with Gasteiger partial charge in [0.05, 0.1) is 0 Å². The molecule has 8 heteroatoms. The van der Waals surface area contributed by atoms with Crippen LogP contribution in [0.15, 0.2) is 17.1 Å². The Morgan fingerprint density at radius 2 is 2.10 bits per heavy atom. The van der Waals surface area contributed by atoms with Crippen LogP contribution in [0.2, 0.25) is 0 Å². The van der Waals surface area contributed by atoms with Crippen molar-refractivity contribution in [3.8, 4) is 0 Å². The smallest absolute Gasteiger partial charge is 0.351 e. The van der Waals surface area contributed by atoms with Gasteiger partial charge in [0.25, 0.3) is 0 Å². The predicted octanol–water partition coefficient (Wildman–Crippen LogP) is 0.909. The van der Waals surface area contributed by atoms with E-state index in [2.05, 4.69) is 4.98 Å². The normalized spacial score (nSPS) is 27.6. The SMILES string of the molecule is CCC1(CC)OC(n2ccc(N)nc2=O)C(F)(F)C1O. The molecule has 1 aliphatic rings. The molecule has 1 aromatic heterocycles. The van der Waals surface area contributed by atoms with E-state index in [4.69, 9.17) is 10.5 Å². The van der Waals surface area contributed by atoms with Crippen LogP contribution >= 0.6 is 0 Å². The summed E-state index contributed by atoms with van der Waals surface area (Å²) in [6.45, 7) is 3.30. The van der Waals surface area contributed by atoms with Gasteiger partial charge in [0.1, 0.15) is 11.4 Å². The molecule has 1 aliphatic heterocycles. The van der Waals surface area contributed by atoms with Gasteiger partial charge in [-0.05, 0) is 18.9 Å². The molecule has 0 bridgehead atoms. The third-order valence-electron chi connectivity index (χ3n) is 3.84. The maximum atomic E-state index is 14.2. The Labute approximate surface area is 114 Å². The van der Waals surface area contributed by atoms with Gasteiger partial charge in [0.15, 0.2) is 6.10 Å². The van der Waals surface area contributed by atoms with Crippen LogP contribution in [-0.4, -0.2) is 32.3 Å². The Kier molecular flexibility index (Phi) is 3.55. The minimum atomic E-state index is -3.59. The van der Waals surface area contributed by atoms with Crippen molar-refractivity contribution in [2.45, 2.75) is 50.5 Å². The molecule has 1 saturated heterocycles. The van der Waals surface area contributed by atoms with Crippen molar-refractivity contribution in [1.29, 1.82) is 0 Å². The number of rotatable bonds is 3. The molecule has 0 saturated carbocycles. The summed E-state index contributed by atoms with van der Waals surface area (Å²) in [6, 6.07) is 1.23. The Morgan fingerprint density at radius 3 is 2.55 bits per heavy atom. The molecular weight excluding hydrogens is 272 g/mol. The molecule has 1 fully saturated rings. The van der Waals surface area contributed by atoms with E-state index in [1.165, 1.54) is 6.07 Å². The predicted molar refractivity (Wildman–Crippen MR) is 67.3 cm³/mol. The molecule has 0 aromatic carbocycles. The zero-order valence-corrected chi connectivity index (χ0v) is 11.2. The molecule has 0 radical (unpaired) electrons. The summed E-state index contributed by atoms with van der Waals surface area (Å²) in [5.41, 5.74) is 3.00. The minimum Gasteiger partial charge on any atom is -0.384 e. The van der Waals surface area contributed by atoms with Crippen molar-refractivity contribution in [3.05, 3.63) is 22.7 Å². The lowest BCUT2D eigenvalue weighted by atomic mass is 9.89. The van der Waals surface area contributed by atoms with Crippen molar-refractivity contribution in [2.75, 3.05) is 5.73 Å². The molecule has 2 heterocycles. The Balaban J connectivity index is 2.50. The van der Waals surface area contributed by atoms with E-state index in [0.29, 0.717) is 4.57 Å². The Hall–Kier alpha value is -1.54. The van der Waals surface area contributed by atoms with Crippen molar-refractivity contribution in [2.24, 2.45) is 0 Å². The molecule has 2 unspecified atom stereocenters. The molecule has 2 rings (SSSR count). The van der Waals surface area contributed by atoms with Crippen molar-refractivity contribution < 1.29 is 18.6 Å². The third-order valence-corrected chi connectivity index (χ3v) is 3.84. The average molecular weight is 289 g/mol. The fourth-order valence-corrected chi connectivity index (χ4v) is 2.50. The lowest BCUT2D eigenvalue weighted by Crippen LogP contribution is -2.46. The monoisotopic (exact) mass is 289 g/mol. The highest BCUT2D eigenvalue weighted by molar-refractivity contribution is 5.24. The van der Waals surface area contributed by atoms with Crippen LogP contribution in [0.1, 0.15) is 32.9 Å². The molecule has 0 spiro atoms. The Morgan fingerprint density at radius 1 is 1.50 bits per heavy atom. The van der Waals surface area contributed by atoms with E-state index >= 15 is 0 Å². The third kappa shape index (κ3) is 1.99. The van der Waals surface area contributed by atoms with Crippen LogP contribution in [0.4, 0.5) is 14.6 Å². The van der Waals surface area contributed by atoms with Gasteiger partial charge in [-0.3, -0.25) is 4.57 Å². The number of halogens is 2. The summed E-state index contributed by atoms with van der Waals surface area (Å²) in [5.74, 6) is -3.65. The first-order valence-corrected chi connectivity index (χ1v) is 6.37. The highest BCUT2D eigenvalue weighted by Crippen LogP contribution is 2.50. The number of aromatic nitrogens is 2. The summed E-state index contributed by atoms with van der Waals surface area (Å²) in [4.78, 5) is 15.1. The van der Waals surface area contributed by atoms with Gasteiger partial charge in [-0.25, -0.2) is 4.79 Å². The fraction of sp³-hybridized carbons (Fsp3) is 0.667. The van der Waals surface area contributed by atoms with Crippen LogP contribution in [0.5, 0.6) is 0 Å². The number of alkyl halides is 2. The first-order chi connectivity index (χ1) is 9.28. The van der Waals surface area contributed by atoms with E-state index in [9.17, 15) is 18.7 Å². The first kappa shape index (κ1) is 14.9. The largest absolute Gasteiger partial charge is 0.384 e. The molecule has 112 valence electrons. The number of nitrogens with zero attached hydrogens (tertiary/aromatic N) is 2. The van der Waals surface area contributed by atoms with Crippen molar-refractivity contribution in [3.63, 3.8) is 0 Å². The van der Waals surface area contributed by atoms with E-state index < -0.39 is 29.5 Å². The van der Waals surface area contributed by atoms with E-state index in [1.807, 2.05) is 0 Å². The molecule has 1 aromatic rings. The van der Waals surface area contributed by atoms with E-state index in [-0.39, 0.29) is 18.7 Å². The number of nitrogen functional groups attached to an aromatic ring is 1. The van der Waals surface area contributed by atoms with Gasteiger partial charge in [-0.1, -0.05) is 13.8 Å². The first-order valence-electron chi connectivity index (χ1n) is 6.37. The summed E-state index contributed by atoms with van der Waals surface area (Å²) < 4.78 is 34.5. The van der Waals surface area contributed by atoms with Gasteiger partial charge in [0, 0.05) is 6.20 Å². The maximum absolute atomic E-state index is 14.2. The number of nitrogens with two attached hydrogens (primary N) is 1. The van der Waals surface area contributed by atoms with Gasteiger partial charge < -0.3 is 15.6 Å². The molecule has 6 nitrogen and oxygen atoms in total. The van der Waals surface area contributed by atoms with Gasteiger partial charge in [0.2, 0.25) is 6.23 Å². The van der Waals surface area contributed by atoms with Crippen LogP contribution in [0.3, 0.4) is 0 Å². The average Bonchev–Trinajstić information content (AvgIpc) is 2.60. The van der Waals surface area contributed by atoms with E-state index in [1.54, 1.807) is 13.8 Å². The van der Waals surface area contributed by atoms with Crippen LogP contribution in [-0.2, 0) is 4.74 Å². The second kappa shape index (κ2) is 4.78. The topological polar surface area (TPSA) is 90.4 Å². The maximum Gasteiger partial charge on any atom is 0.351 e. The van der Waals surface area contributed by atoms with Gasteiger partial charge in [-0.15, -0.1) is 0 Å². The van der Waals surface area contributed by atoms with Gasteiger partial charge >= 0.3 is 11.6 Å². The molecule has 2 atom stereocenters. The summed E-state index contributed by atoms with van der Waals surface area (Å²) >= 11 is 0. The second-order valence-electron chi connectivity index (χ2n) is 4.86. The zero-order valence-electron chi connectivity index (χ0n) is 11.2. The summed E-state index contributed by atoms with van der Waals surface area (Å²) in [5, 5.41) is 9.91. The minimum absolute atomic E-state index is 0.0645. The lowest BCUT2D eigenvalue weighted by molar-refractivity contribution is -0.143. The standard InChI is InChI=1S/C12H17F2N3O3/c1-3-11(4-2)8(18)12(13,14)9(20-11)17-6-5-7(15)16-10(17)19/h5-6,8-9,18H,3-4H2,1-2H3,(H2,15,16,19). The van der Waals surface area contributed by atoms with E-state index in [0.717, 1.165) is 6.20 Å². The van der Waals surface area contributed by atoms with Gasteiger partial charge in [-0.2, -0.15) is 13.8 Å². The lowest BCUT2D eigenvalue weighted by Gasteiger charge is -2.29. The highest BCUT2D eigenvalue weighted by atomic mass is 19.3. The quantitative estimate of drug-likeness (QED) is 0.863. The number of hydrogen-bond donors (Lipinski definition) is 2. The second-order valence-corrected chi connectivity index (χ2v) is 4.86. The summed E-state index contributed by atoms with van der Waals surface area (Å²) in [6.07, 6.45) is -2.38. The molecule has 3 N–H and O–H groups in total. The Bertz CT molecular complexity index is 557. The van der Waals surface area contributed by atoms with Crippen molar-refractivity contribution >= 4 is 5.82 Å². The number of aliphatic hydroxyl groups is 1. The number of aliphatic hydroxyl groups excluding tert-OH is 1. The molecular formula is C12H17F2N3O3. The fourth-order valence-electron chi connectivity index (χ4n) is 2.50. The van der Waals surface area contributed by atoms with Crippen molar-refractivity contribution in [1.82, 2.24) is 9.55 Å².